The van der Waals surface area contributed by atoms with Crippen LogP contribution in [0, 0.1) is 0 Å². The van der Waals surface area contributed by atoms with E-state index in [2.05, 4.69) is 18.7 Å². The highest BCUT2D eigenvalue weighted by atomic mass is 16.5. The smallest absolute Gasteiger partial charge is 0.295 e. The van der Waals surface area contributed by atoms with Crippen molar-refractivity contribution in [2.24, 2.45) is 0 Å². The van der Waals surface area contributed by atoms with Crippen molar-refractivity contribution < 1.29 is 19.4 Å². The van der Waals surface area contributed by atoms with Crippen molar-refractivity contribution in [1.29, 1.82) is 0 Å². The average Bonchev–Trinajstić information content (AvgIpc) is 3.08. The molecule has 0 radical (unpaired) electrons. The SMILES string of the molecule is CCCOc1ccc(C2/C(=C(/O)c3ccccc3)C(=O)C(=O)N2CCN(CC)CC)cc1. The van der Waals surface area contributed by atoms with Crippen molar-refractivity contribution in [2.75, 3.05) is 32.8 Å². The molecule has 2 aromatic rings. The Hall–Kier alpha value is -3.12. The number of ketones is 1. The van der Waals surface area contributed by atoms with Crippen LogP contribution in [0.5, 0.6) is 5.75 Å². The number of likely N-dealkylation sites (N-methyl/N-ethyl adjacent to an activating group) is 1. The van der Waals surface area contributed by atoms with Gasteiger partial charge < -0.3 is 19.6 Å². The first-order chi connectivity index (χ1) is 15.5. The third-order valence-electron chi connectivity index (χ3n) is 5.81. The molecule has 3 rings (SSSR count). The maximum Gasteiger partial charge on any atom is 0.295 e. The Morgan fingerprint density at radius 2 is 1.66 bits per heavy atom. The summed E-state index contributed by atoms with van der Waals surface area (Å²) >= 11 is 0. The highest BCUT2D eigenvalue weighted by molar-refractivity contribution is 6.46. The number of aliphatic hydroxyl groups excluding tert-OH is 1. The molecule has 1 heterocycles. The first-order valence-electron chi connectivity index (χ1n) is 11.3. The molecule has 6 heteroatoms. The van der Waals surface area contributed by atoms with Gasteiger partial charge in [-0.15, -0.1) is 0 Å². The van der Waals surface area contributed by atoms with E-state index >= 15 is 0 Å². The van der Waals surface area contributed by atoms with Gasteiger partial charge in [0.1, 0.15) is 11.5 Å². The van der Waals surface area contributed by atoms with E-state index in [4.69, 9.17) is 4.74 Å². The molecule has 0 saturated carbocycles. The van der Waals surface area contributed by atoms with Gasteiger partial charge in [0.2, 0.25) is 0 Å². The summed E-state index contributed by atoms with van der Waals surface area (Å²) in [4.78, 5) is 29.9. The van der Waals surface area contributed by atoms with E-state index in [1.807, 2.05) is 37.3 Å². The van der Waals surface area contributed by atoms with Crippen LogP contribution in [0.15, 0.2) is 60.2 Å². The summed E-state index contributed by atoms with van der Waals surface area (Å²) in [5, 5.41) is 11.0. The van der Waals surface area contributed by atoms with E-state index in [9.17, 15) is 14.7 Å². The quantitative estimate of drug-likeness (QED) is 0.343. The van der Waals surface area contributed by atoms with Gasteiger partial charge in [-0.1, -0.05) is 63.2 Å². The number of likely N-dealkylation sites (tertiary alicyclic amines) is 1. The summed E-state index contributed by atoms with van der Waals surface area (Å²) < 4.78 is 5.68. The van der Waals surface area contributed by atoms with Crippen LogP contribution in [-0.2, 0) is 9.59 Å². The topological polar surface area (TPSA) is 70.1 Å². The molecule has 0 bridgehead atoms. The van der Waals surface area contributed by atoms with E-state index in [0.717, 1.165) is 30.8 Å². The lowest BCUT2D eigenvalue weighted by atomic mass is 9.95. The number of Topliss-reactive ketones (excluding diaryl/α,β-unsaturated/α-hetero) is 1. The lowest BCUT2D eigenvalue weighted by molar-refractivity contribution is -0.140. The predicted molar refractivity (Wildman–Crippen MR) is 125 cm³/mol. The molecule has 1 N–H and O–H groups in total. The summed E-state index contributed by atoms with van der Waals surface area (Å²) in [5.41, 5.74) is 1.41. The molecule has 1 atom stereocenters. The van der Waals surface area contributed by atoms with Crippen molar-refractivity contribution >= 4 is 17.4 Å². The molecule has 0 aromatic heterocycles. The molecule has 1 aliphatic heterocycles. The van der Waals surface area contributed by atoms with Crippen molar-refractivity contribution in [3.05, 3.63) is 71.3 Å². The monoisotopic (exact) mass is 436 g/mol. The molecule has 6 nitrogen and oxygen atoms in total. The molecule has 2 aromatic carbocycles. The van der Waals surface area contributed by atoms with Crippen LogP contribution >= 0.6 is 0 Å². The van der Waals surface area contributed by atoms with Crippen molar-refractivity contribution in [3.63, 3.8) is 0 Å². The van der Waals surface area contributed by atoms with Crippen molar-refractivity contribution in [2.45, 2.75) is 33.2 Å². The fourth-order valence-electron chi connectivity index (χ4n) is 3.96. The number of benzene rings is 2. The Balaban J connectivity index is 2.03. The number of ether oxygens (including phenoxy) is 1. The van der Waals surface area contributed by atoms with Crippen molar-refractivity contribution in [3.8, 4) is 5.75 Å². The molecule has 170 valence electrons. The molecule has 1 amide bonds. The van der Waals surface area contributed by atoms with Gasteiger partial charge in [-0.25, -0.2) is 0 Å². The number of hydrogen-bond acceptors (Lipinski definition) is 5. The van der Waals surface area contributed by atoms with Gasteiger partial charge in [0.05, 0.1) is 18.2 Å². The van der Waals surface area contributed by atoms with Crippen LogP contribution < -0.4 is 4.74 Å². The Morgan fingerprint density at radius 3 is 2.25 bits per heavy atom. The normalized spacial score (nSPS) is 17.9. The number of aliphatic hydroxyl groups is 1. The second-order valence-electron chi connectivity index (χ2n) is 7.80. The minimum atomic E-state index is -0.651. The van der Waals surface area contributed by atoms with E-state index < -0.39 is 17.7 Å². The number of carbonyl (C=O) groups is 2. The van der Waals surface area contributed by atoms with Crippen LogP contribution in [0.3, 0.4) is 0 Å². The molecule has 0 aliphatic carbocycles. The standard InChI is InChI=1S/C26H32N2O4/c1-4-18-32-21-14-12-19(13-15-21)23-22(24(29)20-10-8-7-9-11-20)25(30)26(31)28(23)17-16-27(5-2)6-3/h7-15,23,29H,4-6,16-18H2,1-3H3/b24-22-. The lowest BCUT2D eigenvalue weighted by Crippen LogP contribution is -2.38. The van der Waals surface area contributed by atoms with Gasteiger partial charge >= 0.3 is 0 Å². The third kappa shape index (κ3) is 5.02. The van der Waals surface area contributed by atoms with Gasteiger partial charge in [0, 0.05) is 18.7 Å². The van der Waals surface area contributed by atoms with Gasteiger partial charge in [0.15, 0.2) is 0 Å². The van der Waals surface area contributed by atoms with Gasteiger partial charge in [-0.3, -0.25) is 9.59 Å². The zero-order chi connectivity index (χ0) is 23.1. The average molecular weight is 437 g/mol. The molecule has 1 fully saturated rings. The number of hydrogen-bond donors (Lipinski definition) is 1. The molecular weight excluding hydrogens is 404 g/mol. The Bertz CT molecular complexity index is 950. The zero-order valence-corrected chi connectivity index (χ0v) is 19.1. The maximum atomic E-state index is 13.1. The molecular formula is C26H32N2O4. The Morgan fingerprint density at radius 1 is 1.00 bits per heavy atom. The molecule has 0 spiro atoms. The Kier molecular flexibility index (Phi) is 8.06. The molecule has 1 aliphatic rings. The fourth-order valence-corrected chi connectivity index (χ4v) is 3.96. The summed E-state index contributed by atoms with van der Waals surface area (Å²) in [6, 6.07) is 15.7. The van der Waals surface area contributed by atoms with E-state index in [0.29, 0.717) is 25.3 Å². The largest absolute Gasteiger partial charge is 0.507 e. The number of amides is 1. The number of rotatable bonds is 10. The van der Waals surface area contributed by atoms with E-state index in [1.54, 1.807) is 29.2 Å². The second kappa shape index (κ2) is 11.0. The van der Waals surface area contributed by atoms with Crippen LogP contribution in [0.25, 0.3) is 5.76 Å². The van der Waals surface area contributed by atoms with Crippen LogP contribution in [0.4, 0.5) is 0 Å². The van der Waals surface area contributed by atoms with Gasteiger partial charge in [-0.05, 0) is 37.2 Å². The summed E-state index contributed by atoms with van der Waals surface area (Å²) in [5.74, 6) is -0.641. The van der Waals surface area contributed by atoms with Crippen molar-refractivity contribution in [1.82, 2.24) is 9.80 Å². The van der Waals surface area contributed by atoms with Gasteiger partial charge in [0.25, 0.3) is 11.7 Å². The summed E-state index contributed by atoms with van der Waals surface area (Å²) in [7, 11) is 0. The lowest BCUT2D eigenvalue weighted by Gasteiger charge is -2.28. The van der Waals surface area contributed by atoms with Crippen LogP contribution in [0.2, 0.25) is 0 Å². The highest BCUT2D eigenvalue weighted by Gasteiger charge is 2.45. The summed E-state index contributed by atoms with van der Waals surface area (Å²) in [6.07, 6.45) is 0.907. The minimum Gasteiger partial charge on any atom is -0.507 e. The molecule has 1 unspecified atom stereocenters. The molecule has 32 heavy (non-hydrogen) atoms. The minimum absolute atomic E-state index is 0.128. The zero-order valence-electron chi connectivity index (χ0n) is 19.1. The number of carbonyl (C=O) groups excluding carboxylic acids is 2. The third-order valence-corrected chi connectivity index (χ3v) is 5.81. The fraction of sp³-hybridized carbons (Fsp3) is 0.385. The van der Waals surface area contributed by atoms with Gasteiger partial charge in [-0.2, -0.15) is 0 Å². The first-order valence-corrected chi connectivity index (χ1v) is 11.3. The van der Waals surface area contributed by atoms with Crippen LogP contribution in [0.1, 0.15) is 44.4 Å². The highest BCUT2D eigenvalue weighted by Crippen LogP contribution is 2.39. The second-order valence-corrected chi connectivity index (χ2v) is 7.80. The number of nitrogens with zero attached hydrogens (tertiary/aromatic N) is 2. The van der Waals surface area contributed by atoms with E-state index in [-0.39, 0.29) is 11.3 Å². The summed E-state index contributed by atoms with van der Waals surface area (Å²) in [6.45, 7) is 9.57. The van der Waals surface area contributed by atoms with Crippen LogP contribution in [-0.4, -0.2) is 59.4 Å². The maximum absolute atomic E-state index is 13.1. The van der Waals surface area contributed by atoms with E-state index in [1.165, 1.54) is 0 Å². The predicted octanol–water partition coefficient (Wildman–Crippen LogP) is 4.24. The Labute approximate surface area is 190 Å². The molecule has 1 saturated heterocycles. The first kappa shape index (κ1) is 23.5.